The Morgan fingerprint density at radius 1 is 0.824 bits per heavy atom. The van der Waals surface area contributed by atoms with Gasteiger partial charge in [-0.3, -0.25) is 9.59 Å². The molecule has 34 heavy (non-hydrogen) atoms. The molecule has 6 nitrogen and oxygen atoms in total. The number of thiocarbonyl (C=S) groups is 2. The summed E-state index contributed by atoms with van der Waals surface area (Å²) in [4.78, 5) is 25.6. The van der Waals surface area contributed by atoms with Crippen LogP contribution in [0.25, 0.3) is 0 Å². The quantitative estimate of drug-likeness (QED) is 0.323. The molecule has 2 rings (SSSR count). The average molecular weight is 507 g/mol. The highest BCUT2D eigenvalue weighted by atomic mass is 32.1. The Balaban J connectivity index is 1.75. The fourth-order valence-corrected chi connectivity index (χ4v) is 4.17. The molecule has 0 unspecified atom stereocenters. The summed E-state index contributed by atoms with van der Waals surface area (Å²) in [6.07, 6.45) is 9.34. The SMILES string of the molecule is CC(C)(CCC(=S)CCC(=S)CCC(C)(C)Cc1cocc(O)c1=O)Cc1cc(=O)c(O)co1. The minimum Gasteiger partial charge on any atom is -0.502 e. The van der Waals surface area contributed by atoms with Crippen molar-refractivity contribution in [3.05, 3.63) is 56.6 Å². The van der Waals surface area contributed by atoms with Crippen LogP contribution in [-0.4, -0.2) is 19.9 Å². The zero-order valence-electron chi connectivity index (χ0n) is 20.3. The molecule has 2 heterocycles. The van der Waals surface area contributed by atoms with Crippen LogP contribution in [0.15, 0.2) is 43.3 Å². The fourth-order valence-electron chi connectivity index (χ4n) is 3.76. The fraction of sp³-hybridized carbons (Fsp3) is 0.538. The van der Waals surface area contributed by atoms with Crippen LogP contribution in [-0.2, 0) is 12.8 Å². The highest BCUT2D eigenvalue weighted by Crippen LogP contribution is 2.29. The van der Waals surface area contributed by atoms with Crippen LogP contribution in [0.5, 0.6) is 11.5 Å². The third kappa shape index (κ3) is 9.14. The van der Waals surface area contributed by atoms with E-state index in [1.54, 1.807) is 0 Å². The second kappa shape index (κ2) is 11.9. The van der Waals surface area contributed by atoms with Gasteiger partial charge in [0, 0.05) is 18.1 Å². The van der Waals surface area contributed by atoms with Gasteiger partial charge in [0.25, 0.3) is 0 Å². The van der Waals surface area contributed by atoms with Crippen LogP contribution in [0.4, 0.5) is 0 Å². The molecule has 0 aromatic carbocycles. The van der Waals surface area contributed by atoms with Gasteiger partial charge in [0.15, 0.2) is 11.5 Å². The number of hydrogen-bond acceptors (Lipinski definition) is 8. The van der Waals surface area contributed by atoms with Gasteiger partial charge in [-0.2, -0.15) is 0 Å². The molecule has 8 heteroatoms. The van der Waals surface area contributed by atoms with Crippen LogP contribution in [0.2, 0.25) is 0 Å². The van der Waals surface area contributed by atoms with Crippen LogP contribution in [0.3, 0.4) is 0 Å². The summed E-state index contributed by atoms with van der Waals surface area (Å²) in [5.74, 6) is -0.203. The van der Waals surface area contributed by atoms with E-state index in [2.05, 4.69) is 27.7 Å². The summed E-state index contributed by atoms with van der Waals surface area (Å²) in [6, 6.07) is 1.34. The zero-order valence-corrected chi connectivity index (χ0v) is 21.9. The van der Waals surface area contributed by atoms with E-state index in [-0.39, 0.29) is 27.8 Å². The van der Waals surface area contributed by atoms with Gasteiger partial charge in [-0.05, 0) is 65.5 Å². The maximum Gasteiger partial charge on any atom is 0.229 e. The molecule has 0 bridgehead atoms. The van der Waals surface area contributed by atoms with E-state index < -0.39 is 5.43 Å². The molecule has 186 valence electrons. The van der Waals surface area contributed by atoms with Gasteiger partial charge in [0.1, 0.15) is 18.3 Å². The Morgan fingerprint density at radius 3 is 1.94 bits per heavy atom. The van der Waals surface area contributed by atoms with E-state index in [1.165, 1.54) is 12.3 Å². The molecule has 0 aliphatic carbocycles. The summed E-state index contributed by atoms with van der Waals surface area (Å²) in [6.45, 7) is 8.34. The molecule has 0 atom stereocenters. The highest BCUT2D eigenvalue weighted by molar-refractivity contribution is 7.80. The Hall–Kier alpha value is -2.32. The molecule has 0 aliphatic rings. The van der Waals surface area contributed by atoms with Crippen molar-refractivity contribution in [2.24, 2.45) is 10.8 Å². The van der Waals surface area contributed by atoms with E-state index >= 15 is 0 Å². The standard InChI is InChI=1S/C26H34O6S2/c1-25(2,12-17-14-31-15-23(29)24(17)30)9-7-19(33)5-6-20(34)8-10-26(3,4)13-18-11-21(27)22(28)16-32-18/h11,14-16,28-29H,5-10,12-13H2,1-4H3. The van der Waals surface area contributed by atoms with Gasteiger partial charge in [-0.1, -0.05) is 52.1 Å². The lowest BCUT2D eigenvalue weighted by molar-refractivity contribution is 0.301. The molecule has 0 radical (unpaired) electrons. The van der Waals surface area contributed by atoms with E-state index in [0.29, 0.717) is 24.2 Å². The first-order chi connectivity index (χ1) is 15.8. The molecule has 0 fully saturated rings. The lowest BCUT2D eigenvalue weighted by Gasteiger charge is -2.25. The Morgan fingerprint density at radius 2 is 1.38 bits per heavy atom. The number of aromatic hydroxyl groups is 2. The van der Waals surface area contributed by atoms with Crippen LogP contribution in [0, 0.1) is 10.8 Å². The summed E-state index contributed by atoms with van der Waals surface area (Å²) in [7, 11) is 0. The van der Waals surface area contributed by atoms with Gasteiger partial charge < -0.3 is 19.0 Å². The summed E-state index contributed by atoms with van der Waals surface area (Å²) in [5, 5.41) is 18.9. The Bertz CT molecular complexity index is 1130. The van der Waals surface area contributed by atoms with Gasteiger partial charge >= 0.3 is 0 Å². The van der Waals surface area contributed by atoms with Crippen molar-refractivity contribution in [1.29, 1.82) is 0 Å². The second-order valence-corrected chi connectivity index (χ2v) is 11.6. The van der Waals surface area contributed by atoms with E-state index in [1.807, 2.05) is 0 Å². The lowest BCUT2D eigenvalue weighted by Crippen LogP contribution is -2.21. The van der Waals surface area contributed by atoms with Crippen LogP contribution < -0.4 is 10.9 Å². The van der Waals surface area contributed by atoms with Gasteiger partial charge in [-0.25, -0.2) is 0 Å². The molecule has 0 aliphatic heterocycles. The zero-order chi connectivity index (χ0) is 25.5. The van der Waals surface area contributed by atoms with E-state index in [4.69, 9.17) is 33.3 Å². The smallest absolute Gasteiger partial charge is 0.229 e. The molecule has 2 aromatic rings. The van der Waals surface area contributed by atoms with Crippen molar-refractivity contribution in [3.8, 4) is 11.5 Å². The van der Waals surface area contributed by atoms with Gasteiger partial charge in [-0.15, -0.1) is 0 Å². The maximum atomic E-state index is 12.0. The van der Waals surface area contributed by atoms with Crippen molar-refractivity contribution in [2.45, 2.75) is 79.1 Å². The molecular weight excluding hydrogens is 472 g/mol. The second-order valence-electron chi connectivity index (χ2n) is 10.5. The largest absolute Gasteiger partial charge is 0.502 e. The topological polar surface area (TPSA) is 101 Å². The van der Waals surface area contributed by atoms with Gasteiger partial charge in [0.2, 0.25) is 10.9 Å². The molecule has 2 aromatic heterocycles. The predicted octanol–water partition coefficient (Wildman–Crippen LogP) is 5.92. The first kappa shape index (κ1) is 27.9. The monoisotopic (exact) mass is 506 g/mol. The first-order valence-corrected chi connectivity index (χ1v) is 12.2. The minimum absolute atomic E-state index is 0.111. The first-order valence-electron chi connectivity index (χ1n) is 11.4. The summed E-state index contributed by atoms with van der Waals surface area (Å²) in [5.41, 5.74) is -0.635. The maximum absolute atomic E-state index is 12.0. The summed E-state index contributed by atoms with van der Waals surface area (Å²) < 4.78 is 10.4. The average Bonchev–Trinajstić information content (AvgIpc) is 2.75. The molecular formula is C26H34O6S2. The minimum atomic E-state index is -0.436. The molecule has 2 N–H and O–H groups in total. The third-order valence-corrected chi connectivity index (χ3v) is 6.76. The summed E-state index contributed by atoms with van der Waals surface area (Å²) >= 11 is 11.2. The van der Waals surface area contributed by atoms with Crippen LogP contribution >= 0.6 is 24.4 Å². The number of hydrogen-bond donors (Lipinski definition) is 2. The molecule has 0 spiro atoms. The third-order valence-electron chi connectivity index (χ3n) is 5.95. The highest BCUT2D eigenvalue weighted by Gasteiger charge is 2.23. The lowest BCUT2D eigenvalue weighted by atomic mass is 9.81. The van der Waals surface area contributed by atoms with E-state index in [0.717, 1.165) is 60.8 Å². The normalized spacial score (nSPS) is 12.0. The molecule has 0 saturated carbocycles. The van der Waals surface area contributed by atoms with E-state index in [9.17, 15) is 19.8 Å². The molecule has 0 saturated heterocycles. The molecule has 0 amide bonds. The van der Waals surface area contributed by atoms with Crippen molar-refractivity contribution in [2.75, 3.05) is 0 Å². The van der Waals surface area contributed by atoms with Gasteiger partial charge in [0.05, 0.1) is 6.26 Å². The Labute approximate surface area is 211 Å². The van der Waals surface area contributed by atoms with Crippen molar-refractivity contribution in [1.82, 2.24) is 0 Å². The number of rotatable bonds is 13. The predicted molar refractivity (Wildman–Crippen MR) is 141 cm³/mol. The van der Waals surface area contributed by atoms with Crippen molar-refractivity contribution < 1.29 is 19.0 Å². The van der Waals surface area contributed by atoms with Crippen molar-refractivity contribution in [3.63, 3.8) is 0 Å². The van der Waals surface area contributed by atoms with Crippen LogP contribution in [0.1, 0.15) is 77.5 Å². The van der Waals surface area contributed by atoms with Crippen molar-refractivity contribution >= 4 is 34.2 Å². The Kier molecular flexibility index (Phi) is 9.76.